The fraction of sp³-hybridized carbons (Fsp3) is 0.800. The molecule has 0 aromatic carbocycles. The second-order valence-corrected chi connectivity index (χ2v) is 18.9. The summed E-state index contributed by atoms with van der Waals surface area (Å²) in [4.78, 5) is 0. The molecule has 0 N–H and O–H groups in total. The van der Waals surface area contributed by atoms with Crippen LogP contribution in [0.3, 0.4) is 0 Å². The molecule has 33 heavy (non-hydrogen) atoms. The Labute approximate surface area is 220 Å². The number of hydrogen-bond acceptors (Lipinski definition) is 1. The van der Waals surface area contributed by atoms with E-state index in [1.165, 1.54) is 49.7 Å². The highest BCUT2D eigenvalue weighted by atomic mass is 127. The molecule has 3 aliphatic rings. The molecule has 0 aromatic heterocycles. The lowest BCUT2D eigenvalue weighted by molar-refractivity contribution is 0.0394. The Morgan fingerprint density at radius 3 is 2.58 bits per heavy atom. The lowest BCUT2D eigenvalue weighted by Gasteiger charge is -2.46. The van der Waals surface area contributed by atoms with E-state index in [1.54, 1.807) is 0 Å². The van der Waals surface area contributed by atoms with Crippen LogP contribution in [0.15, 0.2) is 34.0 Å². The molecule has 0 spiro atoms. The number of hydrogen-bond donors (Lipinski definition) is 0. The molecule has 3 rings (SSSR count). The Bertz CT molecular complexity index is 760. The van der Waals surface area contributed by atoms with E-state index in [9.17, 15) is 0 Å². The van der Waals surface area contributed by atoms with Gasteiger partial charge in [-0.15, -0.1) is 0 Å². The van der Waals surface area contributed by atoms with Gasteiger partial charge in [0.1, 0.15) is 0 Å². The molecule has 7 atom stereocenters. The van der Waals surface area contributed by atoms with Crippen LogP contribution in [0, 0.1) is 35.0 Å². The van der Waals surface area contributed by atoms with Gasteiger partial charge in [0.15, 0.2) is 8.32 Å². The van der Waals surface area contributed by atoms with Gasteiger partial charge < -0.3 is 4.43 Å². The van der Waals surface area contributed by atoms with Crippen molar-refractivity contribution >= 4 is 30.9 Å². The van der Waals surface area contributed by atoms with Gasteiger partial charge in [-0.3, -0.25) is 0 Å². The SMILES string of the molecule is C=C1/C(=C\CC2CCC[C@]3(C)[C@@H]([C@H](C)/C=C/I)CC[C@@H]23)C[C@@H](O[Si](C)(C)C(C)(C)C)C[C@@H]1C. The molecule has 0 aromatic rings. The van der Waals surface area contributed by atoms with Gasteiger partial charge in [0, 0.05) is 6.10 Å². The van der Waals surface area contributed by atoms with Crippen molar-refractivity contribution in [3.8, 4) is 0 Å². The van der Waals surface area contributed by atoms with E-state index in [4.69, 9.17) is 4.43 Å². The third-order valence-electron chi connectivity index (χ3n) is 10.4. The maximum Gasteiger partial charge on any atom is 0.192 e. The fourth-order valence-electron chi connectivity index (χ4n) is 7.28. The summed E-state index contributed by atoms with van der Waals surface area (Å²) in [5, 5.41) is 0.268. The van der Waals surface area contributed by atoms with Gasteiger partial charge in [0.2, 0.25) is 0 Å². The maximum absolute atomic E-state index is 6.88. The van der Waals surface area contributed by atoms with Gasteiger partial charge in [-0.2, -0.15) is 0 Å². The standard InChI is InChI=1S/C30H51IOSi/c1-21(16-18-31)27-14-15-28-24(11-10-17-30(27,28)7)12-13-25-20-26(19-22(2)23(25)3)32-33(8,9)29(4,5)6/h13,16,18,21-22,24,26-28H,3,10-12,14-15,17,19-20H2,1-2,4-9H3/b18-16+,25-13-/t21-,22+,24?,26+,27-,28+,30-/m1/s1. The van der Waals surface area contributed by atoms with E-state index in [-0.39, 0.29) is 5.04 Å². The number of rotatable bonds is 6. The van der Waals surface area contributed by atoms with Crippen molar-refractivity contribution in [3.05, 3.63) is 34.0 Å². The molecule has 0 heterocycles. The van der Waals surface area contributed by atoms with E-state index in [0.29, 0.717) is 23.4 Å². The average Bonchev–Trinajstić information content (AvgIpc) is 3.06. The summed E-state index contributed by atoms with van der Waals surface area (Å²) in [7, 11) is -1.74. The van der Waals surface area contributed by atoms with E-state index in [1.807, 2.05) is 0 Å². The van der Waals surface area contributed by atoms with Crippen LogP contribution in [-0.2, 0) is 4.43 Å². The molecule has 0 bridgehead atoms. The van der Waals surface area contributed by atoms with Crippen LogP contribution in [0.4, 0.5) is 0 Å². The third kappa shape index (κ3) is 5.93. The van der Waals surface area contributed by atoms with E-state index in [2.05, 4.69) is 100 Å². The van der Waals surface area contributed by atoms with Gasteiger partial charge >= 0.3 is 0 Å². The minimum absolute atomic E-state index is 0.268. The summed E-state index contributed by atoms with van der Waals surface area (Å²) in [5.41, 5.74) is 3.43. The molecule has 0 amide bonds. The summed E-state index contributed by atoms with van der Waals surface area (Å²) < 4.78 is 9.12. The van der Waals surface area contributed by atoms with Crippen molar-refractivity contribution in [2.24, 2.45) is 35.0 Å². The molecule has 1 unspecified atom stereocenters. The lowest BCUT2D eigenvalue weighted by Crippen LogP contribution is -2.45. The zero-order chi connectivity index (χ0) is 24.6. The Morgan fingerprint density at radius 1 is 1.24 bits per heavy atom. The predicted molar refractivity (Wildman–Crippen MR) is 156 cm³/mol. The summed E-state index contributed by atoms with van der Waals surface area (Å²) in [6.45, 7) is 23.8. The minimum Gasteiger partial charge on any atom is -0.414 e. The summed E-state index contributed by atoms with van der Waals surface area (Å²) in [6, 6.07) is 0. The summed E-state index contributed by atoms with van der Waals surface area (Å²) >= 11 is 2.40. The lowest BCUT2D eigenvalue weighted by atomic mass is 9.59. The minimum atomic E-state index is -1.74. The van der Waals surface area contributed by atoms with Crippen molar-refractivity contribution in [2.75, 3.05) is 0 Å². The normalized spacial score (nSPS) is 38.2. The fourth-order valence-corrected chi connectivity index (χ4v) is 9.30. The maximum atomic E-state index is 6.88. The van der Waals surface area contributed by atoms with Crippen LogP contribution in [0.5, 0.6) is 0 Å². The van der Waals surface area contributed by atoms with Crippen molar-refractivity contribution in [3.63, 3.8) is 0 Å². The van der Waals surface area contributed by atoms with Crippen molar-refractivity contribution in [2.45, 2.75) is 117 Å². The molecule has 1 nitrogen and oxygen atoms in total. The van der Waals surface area contributed by atoms with Gasteiger partial charge in [-0.25, -0.2) is 0 Å². The van der Waals surface area contributed by atoms with Crippen LogP contribution in [0.25, 0.3) is 0 Å². The Balaban J connectivity index is 1.72. The molecule has 3 heteroatoms. The second-order valence-electron chi connectivity index (χ2n) is 13.5. The first-order valence-electron chi connectivity index (χ1n) is 13.6. The van der Waals surface area contributed by atoms with Crippen molar-refractivity contribution in [1.29, 1.82) is 0 Å². The van der Waals surface area contributed by atoms with E-state index < -0.39 is 8.32 Å². The molecule has 188 valence electrons. The van der Waals surface area contributed by atoms with Gasteiger partial charge in [-0.05, 0) is 113 Å². The van der Waals surface area contributed by atoms with E-state index in [0.717, 1.165) is 30.6 Å². The quantitative estimate of drug-likeness (QED) is 0.224. The van der Waals surface area contributed by atoms with Crippen LogP contribution in [-0.4, -0.2) is 14.4 Å². The molecule has 3 fully saturated rings. The molecular formula is C30H51IOSi. The molecule has 3 saturated carbocycles. The zero-order valence-corrected chi connectivity index (χ0v) is 26.0. The van der Waals surface area contributed by atoms with Gasteiger partial charge in [0.25, 0.3) is 0 Å². The Morgan fingerprint density at radius 2 is 1.94 bits per heavy atom. The first-order chi connectivity index (χ1) is 15.3. The first kappa shape index (κ1) is 27.7. The van der Waals surface area contributed by atoms with Crippen LogP contribution in [0.2, 0.25) is 18.1 Å². The zero-order valence-electron chi connectivity index (χ0n) is 22.8. The highest BCUT2D eigenvalue weighted by molar-refractivity contribution is 14.1. The predicted octanol–water partition coefficient (Wildman–Crippen LogP) is 10.1. The van der Waals surface area contributed by atoms with Gasteiger partial charge in [0.05, 0.1) is 0 Å². The van der Waals surface area contributed by atoms with Crippen molar-refractivity contribution in [1.82, 2.24) is 0 Å². The molecule has 0 saturated heterocycles. The molecule has 3 aliphatic carbocycles. The largest absolute Gasteiger partial charge is 0.414 e. The molecule has 0 radical (unpaired) electrons. The highest BCUT2D eigenvalue weighted by Gasteiger charge is 2.51. The average molecular weight is 583 g/mol. The van der Waals surface area contributed by atoms with Crippen LogP contribution < -0.4 is 0 Å². The van der Waals surface area contributed by atoms with Gasteiger partial charge in [-0.1, -0.05) is 89.3 Å². The summed E-state index contributed by atoms with van der Waals surface area (Å²) in [5.74, 6) is 3.85. The number of allylic oxidation sites excluding steroid dienone is 3. The smallest absolute Gasteiger partial charge is 0.192 e. The monoisotopic (exact) mass is 582 g/mol. The summed E-state index contributed by atoms with van der Waals surface area (Å²) in [6.07, 6.45) is 16.0. The number of fused-ring (bicyclic) bond motifs is 1. The van der Waals surface area contributed by atoms with E-state index >= 15 is 0 Å². The third-order valence-corrected chi connectivity index (χ3v) is 15.3. The number of halogens is 1. The Hall–Kier alpha value is 0.127. The van der Waals surface area contributed by atoms with Crippen molar-refractivity contribution < 1.29 is 4.43 Å². The highest BCUT2D eigenvalue weighted by Crippen LogP contribution is 2.60. The van der Waals surface area contributed by atoms with Crippen LogP contribution in [0.1, 0.15) is 92.9 Å². The first-order valence-corrected chi connectivity index (χ1v) is 17.8. The topological polar surface area (TPSA) is 9.23 Å². The molecule has 0 aliphatic heterocycles. The second kappa shape index (κ2) is 10.6. The van der Waals surface area contributed by atoms with Crippen LogP contribution >= 0.6 is 22.6 Å². The molecular weight excluding hydrogens is 531 g/mol. The Kier molecular flexibility index (Phi) is 8.92.